The van der Waals surface area contributed by atoms with Crippen molar-refractivity contribution in [1.82, 2.24) is 0 Å². The molecule has 2 aromatic rings. The molecule has 2 aromatic carbocycles. The zero-order valence-corrected chi connectivity index (χ0v) is 18.2. The topological polar surface area (TPSA) is 91.3 Å². The largest absolute Gasteiger partial charge is 0.456 e. The maximum Gasteiger partial charge on any atom is 0.303 e. The highest BCUT2D eigenvalue weighted by Gasteiger charge is 2.49. The van der Waals surface area contributed by atoms with Crippen LogP contribution in [0, 0.1) is 0 Å². The van der Waals surface area contributed by atoms with E-state index in [1.54, 1.807) is 0 Å². The van der Waals surface area contributed by atoms with Gasteiger partial charge in [0.2, 0.25) is 0 Å². The Morgan fingerprint density at radius 2 is 1.52 bits per heavy atom. The highest BCUT2D eigenvalue weighted by molar-refractivity contribution is 7.99. The van der Waals surface area contributed by atoms with Gasteiger partial charge in [0, 0.05) is 18.7 Å². The second-order valence-corrected chi connectivity index (χ2v) is 8.28. The van der Waals surface area contributed by atoms with Gasteiger partial charge < -0.3 is 24.1 Å². The van der Waals surface area contributed by atoms with E-state index in [0.717, 1.165) is 10.5 Å². The summed E-state index contributed by atoms with van der Waals surface area (Å²) in [7, 11) is 0. The highest BCUT2D eigenvalue weighted by Crippen LogP contribution is 2.36. The maximum atomic E-state index is 11.7. The van der Waals surface area contributed by atoms with Crippen molar-refractivity contribution >= 4 is 23.7 Å². The number of hydrogen-bond acceptors (Lipinski definition) is 8. The van der Waals surface area contributed by atoms with E-state index < -0.39 is 41.8 Å². The molecule has 31 heavy (non-hydrogen) atoms. The Balaban J connectivity index is 1.77. The molecule has 3 rings (SSSR count). The molecule has 0 bridgehead atoms. The minimum absolute atomic E-state index is 0.0759. The Hall–Kier alpha value is -2.39. The molecule has 1 saturated heterocycles. The van der Waals surface area contributed by atoms with E-state index in [9.17, 15) is 14.7 Å². The number of ether oxygens (including phenoxy) is 4. The molecule has 5 atom stereocenters. The smallest absolute Gasteiger partial charge is 0.303 e. The van der Waals surface area contributed by atoms with Crippen LogP contribution in [0.25, 0.3) is 0 Å². The van der Waals surface area contributed by atoms with Crippen LogP contribution in [0.5, 0.6) is 0 Å². The molecule has 0 saturated carbocycles. The zero-order chi connectivity index (χ0) is 22.2. The Bertz CT molecular complexity index is 846. The van der Waals surface area contributed by atoms with Crippen LogP contribution < -0.4 is 0 Å². The zero-order valence-electron chi connectivity index (χ0n) is 17.4. The van der Waals surface area contributed by atoms with E-state index in [0.29, 0.717) is 6.61 Å². The van der Waals surface area contributed by atoms with Crippen molar-refractivity contribution in [2.75, 3.05) is 6.61 Å². The fourth-order valence-electron chi connectivity index (χ4n) is 3.27. The minimum Gasteiger partial charge on any atom is -0.456 e. The molecule has 1 aliphatic heterocycles. The second kappa shape index (κ2) is 11.3. The molecule has 0 aromatic heterocycles. The van der Waals surface area contributed by atoms with Gasteiger partial charge in [0.05, 0.1) is 13.2 Å². The summed E-state index contributed by atoms with van der Waals surface area (Å²) in [6.07, 6.45) is -4.06. The Labute approximate surface area is 185 Å². The van der Waals surface area contributed by atoms with Crippen molar-refractivity contribution in [2.24, 2.45) is 0 Å². The van der Waals surface area contributed by atoms with E-state index in [1.165, 1.54) is 25.6 Å². The number of esters is 2. The fourth-order valence-corrected chi connectivity index (χ4v) is 4.39. The van der Waals surface area contributed by atoms with Gasteiger partial charge in [0.15, 0.2) is 12.2 Å². The number of rotatable bonds is 8. The first-order valence-corrected chi connectivity index (χ1v) is 10.8. The molecule has 0 amide bonds. The van der Waals surface area contributed by atoms with Crippen molar-refractivity contribution in [1.29, 1.82) is 0 Å². The maximum absolute atomic E-state index is 11.7. The number of carbonyl (C=O) groups excluding carboxylic acids is 2. The van der Waals surface area contributed by atoms with Crippen molar-refractivity contribution in [2.45, 2.75) is 55.2 Å². The average Bonchev–Trinajstić information content (AvgIpc) is 2.74. The number of thioether (sulfide) groups is 1. The average molecular weight is 447 g/mol. The lowest BCUT2D eigenvalue weighted by Crippen LogP contribution is -2.60. The van der Waals surface area contributed by atoms with Crippen molar-refractivity contribution in [3.05, 3.63) is 66.2 Å². The summed E-state index contributed by atoms with van der Waals surface area (Å²) in [5, 5.41) is 10.9. The normalized spacial score (nSPS) is 25.6. The summed E-state index contributed by atoms with van der Waals surface area (Å²) in [5.74, 6) is -1.15. The van der Waals surface area contributed by atoms with E-state index in [-0.39, 0.29) is 6.61 Å². The van der Waals surface area contributed by atoms with Crippen molar-refractivity contribution in [3.63, 3.8) is 0 Å². The number of carbonyl (C=O) groups is 2. The molecule has 1 heterocycles. The number of aliphatic hydroxyl groups excluding tert-OH is 1. The van der Waals surface area contributed by atoms with Crippen LogP contribution >= 0.6 is 11.8 Å². The Morgan fingerprint density at radius 1 is 0.935 bits per heavy atom. The van der Waals surface area contributed by atoms with Gasteiger partial charge in [-0.3, -0.25) is 9.59 Å². The second-order valence-electron chi connectivity index (χ2n) is 7.11. The van der Waals surface area contributed by atoms with Crippen molar-refractivity contribution < 1.29 is 33.6 Å². The predicted molar refractivity (Wildman–Crippen MR) is 114 cm³/mol. The predicted octanol–water partition coefficient (Wildman–Crippen LogP) is 2.94. The lowest BCUT2D eigenvalue weighted by Gasteiger charge is -2.43. The fraction of sp³-hybridized carbons (Fsp3) is 0.391. The van der Waals surface area contributed by atoms with Gasteiger partial charge >= 0.3 is 11.9 Å². The lowest BCUT2D eigenvalue weighted by molar-refractivity contribution is -0.231. The first kappa shape index (κ1) is 23.3. The summed E-state index contributed by atoms with van der Waals surface area (Å²) < 4.78 is 22.6. The summed E-state index contributed by atoms with van der Waals surface area (Å²) in [6.45, 7) is 2.92. The minimum atomic E-state index is -1.23. The Kier molecular flexibility index (Phi) is 8.48. The van der Waals surface area contributed by atoms with Gasteiger partial charge in [0.25, 0.3) is 0 Å². The number of hydrogen-bond donors (Lipinski definition) is 1. The molecule has 8 heteroatoms. The molecule has 1 aliphatic rings. The molecule has 7 nitrogen and oxygen atoms in total. The summed E-state index contributed by atoms with van der Waals surface area (Å²) in [6, 6.07) is 19.1. The first-order valence-electron chi connectivity index (χ1n) is 9.95. The third-order valence-electron chi connectivity index (χ3n) is 4.61. The third kappa shape index (κ3) is 6.80. The molecule has 0 radical (unpaired) electrons. The van der Waals surface area contributed by atoms with Crippen LogP contribution in [0.1, 0.15) is 19.4 Å². The Morgan fingerprint density at radius 3 is 2.13 bits per heavy atom. The van der Waals surface area contributed by atoms with Gasteiger partial charge in [-0.1, -0.05) is 60.3 Å². The van der Waals surface area contributed by atoms with E-state index in [4.69, 9.17) is 18.9 Å². The van der Waals surface area contributed by atoms with Gasteiger partial charge in [-0.2, -0.15) is 0 Å². The summed E-state index contributed by atoms with van der Waals surface area (Å²) in [5.41, 5.74) is 0.279. The van der Waals surface area contributed by atoms with Crippen LogP contribution in [-0.2, 0) is 35.1 Å². The van der Waals surface area contributed by atoms with Gasteiger partial charge in [0.1, 0.15) is 17.6 Å². The van der Waals surface area contributed by atoms with Crippen LogP contribution in [0.15, 0.2) is 65.6 Å². The number of aliphatic hydroxyl groups is 1. The molecule has 0 spiro atoms. The summed E-state index contributed by atoms with van der Waals surface area (Å²) >= 11 is 1.32. The molecule has 0 aliphatic carbocycles. The lowest BCUT2D eigenvalue weighted by atomic mass is 9.99. The monoisotopic (exact) mass is 446 g/mol. The van der Waals surface area contributed by atoms with Crippen LogP contribution in [0.4, 0.5) is 0 Å². The van der Waals surface area contributed by atoms with Gasteiger partial charge in [-0.05, 0) is 17.7 Å². The molecule has 5 unspecified atom stereocenters. The molecular formula is C23H26O7S. The van der Waals surface area contributed by atoms with E-state index >= 15 is 0 Å². The molecule has 1 fully saturated rings. The van der Waals surface area contributed by atoms with Gasteiger partial charge in [-0.25, -0.2) is 0 Å². The van der Waals surface area contributed by atoms with Crippen LogP contribution in [-0.4, -0.2) is 53.5 Å². The van der Waals surface area contributed by atoms with E-state index in [1.807, 2.05) is 60.7 Å². The summed E-state index contributed by atoms with van der Waals surface area (Å²) in [4.78, 5) is 24.3. The highest BCUT2D eigenvalue weighted by atomic mass is 32.2. The third-order valence-corrected chi connectivity index (χ3v) is 5.77. The first-order chi connectivity index (χ1) is 14.9. The van der Waals surface area contributed by atoms with Crippen LogP contribution in [0.3, 0.4) is 0 Å². The quantitative estimate of drug-likeness (QED) is 0.619. The SMILES string of the molecule is CC(=O)OC1C(Sc2ccccc2)OC(COCc2ccccc2)C(O)C1OC(C)=O. The number of benzene rings is 2. The molecular weight excluding hydrogens is 420 g/mol. The van der Waals surface area contributed by atoms with Gasteiger partial charge in [-0.15, -0.1) is 0 Å². The van der Waals surface area contributed by atoms with Crippen molar-refractivity contribution in [3.8, 4) is 0 Å². The van der Waals surface area contributed by atoms with Crippen LogP contribution in [0.2, 0.25) is 0 Å². The standard InChI is InChI=1S/C23H26O7S/c1-15(24)28-21-20(26)19(14-27-13-17-9-5-3-6-10-17)30-23(22(21)29-16(2)25)31-18-11-7-4-8-12-18/h3-12,19-23,26H,13-14H2,1-2H3. The molecule has 166 valence electrons. The van der Waals surface area contributed by atoms with E-state index in [2.05, 4.69) is 0 Å². The molecule has 1 N–H and O–H groups in total.